The van der Waals surface area contributed by atoms with Crippen LogP contribution in [0.4, 0.5) is 4.39 Å². The average molecular weight is 298 g/mol. The molecule has 0 heterocycles. The molecule has 0 atom stereocenters. The minimum absolute atomic E-state index is 0.117. The van der Waals surface area contributed by atoms with Crippen LogP contribution >= 0.6 is 23.2 Å². The summed E-state index contributed by atoms with van der Waals surface area (Å²) in [7, 11) is 0. The summed E-state index contributed by atoms with van der Waals surface area (Å²) >= 11 is 11.9. The highest BCUT2D eigenvalue weighted by molar-refractivity contribution is 6.31. The Hall–Kier alpha value is -1.09. The fourth-order valence-corrected chi connectivity index (χ4v) is 2.25. The lowest BCUT2D eigenvalue weighted by atomic mass is 9.99. The molecule has 0 aliphatic rings. The summed E-state index contributed by atoms with van der Waals surface area (Å²) in [6.07, 6.45) is 0. The van der Waals surface area contributed by atoms with E-state index in [2.05, 4.69) is 5.32 Å². The first-order valence-electron chi connectivity index (χ1n) is 6.06. The van der Waals surface area contributed by atoms with Crippen molar-refractivity contribution in [2.75, 3.05) is 6.54 Å². The molecule has 0 aliphatic carbocycles. The van der Waals surface area contributed by atoms with E-state index in [1.165, 1.54) is 6.07 Å². The molecule has 0 unspecified atom stereocenters. The van der Waals surface area contributed by atoms with Crippen LogP contribution in [0.1, 0.15) is 12.5 Å². The second-order valence-corrected chi connectivity index (χ2v) is 5.05. The van der Waals surface area contributed by atoms with E-state index in [1.54, 1.807) is 12.1 Å². The number of nitrogens with one attached hydrogen (secondary N) is 1. The lowest BCUT2D eigenvalue weighted by Crippen LogP contribution is -2.12. The van der Waals surface area contributed by atoms with E-state index in [0.29, 0.717) is 5.02 Å². The van der Waals surface area contributed by atoms with Gasteiger partial charge in [0.25, 0.3) is 0 Å². The molecular weight excluding hydrogens is 284 g/mol. The summed E-state index contributed by atoms with van der Waals surface area (Å²) in [6, 6.07) is 10.4. The maximum Gasteiger partial charge on any atom is 0.141 e. The maximum atomic E-state index is 13.2. The Bertz CT molecular complexity index is 584. The third-order valence-electron chi connectivity index (χ3n) is 2.87. The Labute approximate surface area is 122 Å². The van der Waals surface area contributed by atoms with Gasteiger partial charge in [-0.05, 0) is 47.5 Å². The van der Waals surface area contributed by atoms with E-state index in [4.69, 9.17) is 23.2 Å². The molecule has 2 aromatic carbocycles. The third kappa shape index (κ3) is 3.47. The van der Waals surface area contributed by atoms with Crippen molar-refractivity contribution in [3.05, 3.63) is 57.8 Å². The van der Waals surface area contributed by atoms with Gasteiger partial charge in [-0.2, -0.15) is 0 Å². The van der Waals surface area contributed by atoms with Crippen molar-refractivity contribution in [1.29, 1.82) is 0 Å². The predicted molar refractivity (Wildman–Crippen MR) is 79.2 cm³/mol. The maximum absolute atomic E-state index is 13.2. The van der Waals surface area contributed by atoms with Crippen LogP contribution in [-0.2, 0) is 6.54 Å². The quantitative estimate of drug-likeness (QED) is 0.845. The van der Waals surface area contributed by atoms with Gasteiger partial charge in [-0.15, -0.1) is 0 Å². The van der Waals surface area contributed by atoms with Crippen LogP contribution in [0, 0.1) is 5.82 Å². The molecule has 0 radical (unpaired) electrons. The molecule has 4 heteroatoms. The van der Waals surface area contributed by atoms with Gasteiger partial charge < -0.3 is 5.32 Å². The first-order chi connectivity index (χ1) is 9.11. The van der Waals surface area contributed by atoms with Crippen LogP contribution in [0.5, 0.6) is 0 Å². The lowest BCUT2D eigenvalue weighted by Gasteiger charge is -2.11. The molecule has 0 fully saturated rings. The van der Waals surface area contributed by atoms with E-state index < -0.39 is 5.82 Å². The highest BCUT2D eigenvalue weighted by Gasteiger charge is 2.08. The molecule has 0 saturated carbocycles. The van der Waals surface area contributed by atoms with Crippen molar-refractivity contribution in [2.24, 2.45) is 0 Å². The molecule has 1 N–H and O–H groups in total. The van der Waals surface area contributed by atoms with Gasteiger partial charge in [-0.25, -0.2) is 4.39 Å². The minimum Gasteiger partial charge on any atom is -0.313 e. The monoisotopic (exact) mass is 297 g/mol. The lowest BCUT2D eigenvalue weighted by molar-refractivity contribution is 0.628. The molecule has 2 aromatic rings. The standard InChI is InChI=1S/C15H14Cl2FN/c1-2-19-9-11-3-5-12(16)8-13(11)10-4-6-15(18)14(17)7-10/h3-8,19H,2,9H2,1H3. The Morgan fingerprint density at radius 2 is 1.89 bits per heavy atom. The Kier molecular flexibility index (Phi) is 4.81. The van der Waals surface area contributed by atoms with Crippen molar-refractivity contribution < 1.29 is 4.39 Å². The first-order valence-corrected chi connectivity index (χ1v) is 6.82. The summed E-state index contributed by atoms with van der Waals surface area (Å²) in [5.41, 5.74) is 2.94. The van der Waals surface area contributed by atoms with Gasteiger partial charge >= 0.3 is 0 Å². The van der Waals surface area contributed by atoms with Crippen molar-refractivity contribution >= 4 is 23.2 Å². The summed E-state index contributed by atoms with van der Waals surface area (Å²) in [4.78, 5) is 0. The smallest absolute Gasteiger partial charge is 0.141 e. The molecule has 0 saturated heterocycles. The van der Waals surface area contributed by atoms with Crippen LogP contribution in [-0.4, -0.2) is 6.54 Å². The molecule has 19 heavy (non-hydrogen) atoms. The van der Waals surface area contributed by atoms with Gasteiger partial charge in [-0.1, -0.05) is 42.3 Å². The topological polar surface area (TPSA) is 12.0 Å². The van der Waals surface area contributed by atoms with Gasteiger partial charge in [-0.3, -0.25) is 0 Å². The zero-order chi connectivity index (χ0) is 13.8. The molecule has 2 rings (SSSR count). The van der Waals surface area contributed by atoms with Gasteiger partial charge in [0.2, 0.25) is 0 Å². The van der Waals surface area contributed by atoms with E-state index in [1.807, 2.05) is 25.1 Å². The van der Waals surface area contributed by atoms with Gasteiger partial charge in [0, 0.05) is 11.6 Å². The number of hydrogen-bond acceptors (Lipinski definition) is 1. The predicted octanol–water partition coefficient (Wildman–Crippen LogP) is 4.91. The van der Waals surface area contributed by atoms with Crippen molar-refractivity contribution in [3.63, 3.8) is 0 Å². The Balaban J connectivity index is 2.46. The largest absolute Gasteiger partial charge is 0.313 e. The summed E-state index contributed by atoms with van der Waals surface area (Å²) in [5.74, 6) is -0.416. The SMILES string of the molecule is CCNCc1ccc(Cl)cc1-c1ccc(F)c(Cl)c1. The molecule has 0 aromatic heterocycles. The third-order valence-corrected chi connectivity index (χ3v) is 3.39. The van der Waals surface area contributed by atoms with Crippen molar-refractivity contribution in [2.45, 2.75) is 13.5 Å². The average Bonchev–Trinajstić information content (AvgIpc) is 2.40. The fraction of sp³-hybridized carbons (Fsp3) is 0.200. The molecule has 1 nitrogen and oxygen atoms in total. The first kappa shape index (κ1) is 14.3. The number of benzene rings is 2. The van der Waals surface area contributed by atoms with Crippen LogP contribution < -0.4 is 5.32 Å². The Morgan fingerprint density at radius 3 is 2.58 bits per heavy atom. The molecule has 0 spiro atoms. The van der Waals surface area contributed by atoms with Gasteiger partial charge in [0.15, 0.2) is 0 Å². The van der Waals surface area contributed by atoms with Crippen molar-refractivity contribution in [1.82, 2.24) is 5.32 Å². The zero-order valence-corrected chi connectivity index (χ0v) is 12.0. The van der Waals surface area contributed by atoms with Crippen molar-refractivity contribution in [3.8, 4) is 11.1 Å². The highest BCUT2D eigenvalue weighted by Crippen LogP contribution is 2.30. The van der Waals surface area contributed by atoms with E-state index in [9.17, 15) is 4.39 Å². The second kappa shape index (κ2) is 6.38. The summed E-state index contributed by atoms with van der Waals surface area (Å²) in [5, 5.41) is 4.04. The van der Waals surface area contributed by atoms with Gasteiger partial charge in [0.05, 0.1) is 5.02 Å². The normalized spacial score (nSPS) is 10.7. The van der Waals surface area contributed by atoms with E-state index in [-0.39, 0.29) is 5.02 Å². The summed E-state index contributed by atoms with van der Waals surface area (Å²) < 4.78 is 13.2. The van der Waals surface area contributed by atoms with Gasteiger partial charge in [0.1, 0.15) is 5.82 Å². The second-order valence-electron chi connectivity index (χ2n) is 4.21. The molecule has 0 aliphatic heterocycles. The number of hydrogen-bond donors (Lipinski definition) is 1. The van der Waals surface area contributed by atoms with Crippen LogP contribution in [0.25, 0.3) is 11.1 Å². The van der Waals surface area contributed by atoms with E-state index >= 15 is 0 Å². The Morgan fingerprint density at radius 1 is 1.11 bits per heavy atom. The molecule has 0 amide bonds. The summed E-state index contributed by atoms with van der Waals surface area (Å²) in [6.45, 7) is 3.66. The van der Waals surface area contributed by atoms with Crippen LogP contribution in [0.2, 0.25) is 10.0 Å². The molecule has 0 bridgehead atoms. The zero-order valence-electron chi connectivity index (χ0n) is 10.5. The molecular formula is C15H14Cl2FN. The molecule has 100 valence electrons. The number of rotatable bonds is 4. The van der Waals surface area contributed by atoms with Crippen LogP contribution in [0.3, 0.4) is 0 Å². The highest BCUT2D eigenvalue weighted by atomic mass is 35.5. The minimum atomic E-state index is -0.416. The fourth-order valence-electron chi connectivity index (χ4n) is 1.89. The van der Waals surface area contributed by atoms with Crippen LogP contribution in [0.15, 0.2) is 36.4 Å². The van der Waals surface area contributed by atoms with E-state index in [0.717, 1.165) is 29.8 Å². The number of halogens is 3.